The van der Waals surface area contributed by atoms with E-state index in [4.69, 9.17) is 9.47 Å². The molecule has 0 aliphatic carbocycles. The van der Waals surface area contributed by atoms with Crippen LogP contribution in [0.4, 0.5) is 0 Å². The van der Waals surface area contributed by atoms with Crippen molar-refractivity contribution >= 4 is 11.9 Å². The zero-order valence-electron chi connectivity index (χ0n) is 10.5. The molecule has 1 aliphatic rings. The summed E-state index contributed by atoms with van der Waals surface area (Å²) in [5, 5.41) is 0. The lowest BCUT2D eigenvalue weighted by Gasteiger charge is -2.42. The Kier molecular flexibility index (Phi) is 3.61. The largest absolute Gasteiger partial charge is 0.444 e. The van der Waals surface area contributed by atoms with Crippen molar-refractivity contribution in [2.75, 3.05) is 0 Å². The first kappa shape index (κ1) is 13.0. The van der Waals surface area contributed by atoms with E-state index in [2.05, 4.69) is 0 Å². The molecule has 1 saturated heterocycles. The van der Waals surface area contributed by atoms with Crippen LogP contribution in [-0.4, -0.2) is 23.1 Å². The summed E-state index contributed by atoms with van der Waals surface area (Å²) in [5.74, 6) is -0.804. The molecule has 0 unspecified atom stereocenters. The minimum atomic E-state index is -1.06. The van der Waals surface area contributed by atoms with Crippen LogP contribution in [0.2, 0.25) is 0 Å². The maximum absolute atomic E-state index is 12.0. The monoisotopic (exact) mass is 228 g/mol. The molecule has 0 saturated carbocycles. The van der Waals surface area contributed by atoms with E-state index in [0.29, 0.717) is 25.7 Å². The first-order valence-corrected chi connectivity index (χ1v) is 5.97. The maximum Gasteiger partial charge on any atom is 0.351 e. The van der Waals surface area contributed by atoms with E-state index in [0.717, 1.165) is 0 Å². The molecule has 0 aromatic heterocycles. The third-order valence-corrected chi connectivity index (χ3v) is 3.60. The summed E-state index contributed by atoms with van der Waals surface area (Å²) in [6.07, 6.45) is 1.82. The van der Waals surface area contributed by atoms with Crippen molar-refractivity contribution in [2.24, 2.45) is 0 Å². The van der Waals surface area contributed by atoms with Gasteiger partial charge in [0, 0.05) is 0 Å². The van der Waals surface area contributed by atoms with Crippen molar-refractivity contribution in [3.8, 4) is 0 Å². The Morgan fingerprint density at radius 3 is 1.19 bits per heavy atom. The van der Waals surface area contributed by atoms with Crippen LogP contribution in [0.1, 0.15) is 53.4 Å². The molecule has 16 heavy (non-hydrogen) atoms. The summed E-state index contributed by atoms with van der Waals surface area (Å²) >= 11 is 0. The van der Waals surface area contributed by atoms with Gasteiger partial charge in [0.25, 0.3) is 0 Å². The molecule has 0 amide bonds. The lowest BCUT2D eigenvalue weighted by atomic mass is 9.90. The zero-order chi connectivity index (χ0) is 12.4. The molecule has 0 aromatic rings. The van der Waals surface area contributed by atoms with Gasteiger partial charge in [-0.15, -0.1) is 0 Å². The van der Waals surface area contributed by atoms with Gasteiger partial charge in [0.15, 0.2) is 0 Å². The number of rotatable bonds is 4. The Labute approximate surface area is 96.3 Å². The van der Waals surface area contributed by atoms with E-state index in [9.17, 15) is 9.59 Å². The minimum absolute atomic E-state index is 0.402. The summed E-state index contributed by atoms with van der Waals surface area (Å²) in [6.45, 7) is 7.29. The second-order valence-electron chi connectivity index (χ2n) is 4.18. The predicted molar refractivity (Wildman–Crippen MR) is 58.8 cm³/mol. The smallest absolute Gasteiger partial charge is 0.351 e. The number of cyclic esters (lactones) is 2. The highest BCUT2D eigenvalue weighted by Gasteiger charge is 2.55. The van der Waals surface area contributed by atoms with Gasteiger partial charge >= 0.3 is 11.9 Å². The fourth-order valence-electron chi connectivity index (χ4n) is 1.99. The zero-order valence-corrected chi connectivity index (χ0v) is 10.5. The van der Waals surface area contributed by atoms with Gasteiger partial charge in [0.2, 0.25) is 11.2 Å². The number of hydrogen-bond acceptors (Lipinski definition) is 4. The average molecular weight is 228 g/mol. The standard InChI is InChI=1S/C12H20O4/c1-5-11(6-2)9(13)16-12(7-3,8-4)10(14)15-11/h5-8H2,1-4H3. The number of carbonyl (C=O) groups is 2. The first-order chi connectivity index (χ1) is 7.50. The highest BCUT2D eigenvalue weighted by Crippen LogP contribution is 2.36. The third-order valence-electron chi connectivity index (χ3n) is 3.60. The summed E-state index contributed by atoms with van der Waals surface area (Å²) in [5.41, 5.74) is -2.13. The van der Waals surface area contributed by atoms with Crippen LogP contribution in [0.25, 0.3) is 0 Å². The van der Waals surface area contributed by atoms with Gasteiger partial charge in [0.1, 0.15) is 0 Å². The first-order valence-electron chi connectivity index (χ1n) is 5.97. The molecule has 1 aliphatic heterocycles. The normalized spacial score (nSPS) is 22.5. The fraction of sp³-hybridized carbons (Fsp3) is 0.833. The van der Waals surface area contributed by atoms with Crippen molar-refractivity contribution in [3.05, 3.63) is 0 Å². The van der Waals surface area contributed by atoms with E-state index in [-0.39, 0.29) is 0 Å². The molecule has 1 rings (SSSR count). The Bertz CT molecular complexity index is 257. The van der Waals surface area contributed by atoms with Gasteiger partial charge in [0.05, 0.1) is 0 Å². The van der Waals surface area contributed by atoms with E-state index in [1.54, 1.807) is 0 Å². The molecule has 0 aromatic carbocycles. The number of hydrogen-bond donors (Lipinski definition) is 0. The van der Waals surface area contributed by atoms with Crippen molar-refractivity contribution in [2.45, 2.75) is 64.6 Å². The number of esters is 2. The molecule has 0 spiro atoms. The van der Waals surface area contributed by atoms with E-state index in [1.807, 2.05) is 27.7 Å². The highest BCUT2D eigenvalue weighted by molar-refractivity contribution is 5.93. The molecule has 92 valence electrons. The minimum Gasteiger partial charge on any atom is -0.444 e. The predicted octanol–water partition coefficient (Wildman–Crippen LogP) is 2.20. The summed E-state index contributed by atoms with van der Waals surface area (Å²) < 4.78 is 10.7. The van der Waals surface area contributed by atoms with Crippen LogP contribution >= 0.6 is 0 Å². The number of ether oxygens (including phenoxy) is 2. The number of carbonyl (C=O) groups excluding carboxylic acids is 2. The molecule has 4 heteroatoms. The summed E-state index contributed by atoms with van der Waals surface area (Å²) in [7, 11) is 0. The van der Waals surface area contributed by atoms with Crippen LogP contribution in [0.3, 0.4) is 0 Å². The van der Waals surface area contributed by atoms with Crippen LogP contribution < -0.4 is 0 Å². The van der Waals surface area contributed by atoms with Gasteiger partial charge in [-0.1, -0.05) is 27.7 Å². The Balaban J connectivity index is 3.02. The Morgan fingerprint density at radius 2 is 1.00 bits per heavy atom. The molecule has 1 fully saturated rings. The van der Waals surface area contributed by atoms with Crippen LogP contribution in [-0.2, 0) is 19.1 Å². The molecule has 0 N–H and O–H groups in total. The summed E-state index contributed by atoms with van der Waals surface area (Å²) in [6, 6.07) is 0. The van der Waals surface area contributed by atoms with Crippen LogP contribution in [0, 0.1) is 0 Å². The molecule has 0 radical (unpaired) electrons. The van der Waals surface area contributed by atoms with Gasteiger partial charge in [-0.3, -0.25) is 0 Å². The highest BCUT2D eigenvalue weighted by atomic mass is 16.7. The summed E-state index contributed by atoms with van der Waals surface area (Å²) in [4.78, 5) is 23.9. The van der Waals surface area contributed by atoms with Crippen LogP contribution in [0.15, 0.2) is 0 Å². The molecule has 0 bridgehead atoms. The van der Waals surface area contributed by atoms with Crippen molar-refractivity contribution in [3.63, 3.8) is 0 Å². The second-order valence-corrected chi connectivity index (χ2v) is 4.18. The van der Waals surface area contributed by atoms with E-state index in [1.165, 1.54) is 0 Å². The maximum atomic E-state index is 12.0. The average Bonchev–Trinajstić information content (AvgIpc) is 2.31. The quantitative estimate of drug-likeness (QED) is 0.692. The second kappa shape index (κ2) is 4.44. The fourth-order valence-corrected chi connectivity index (χ4v) is 1.99. The van der Waals surface area contributed by atoms with Crippen molar-refractivity contribution < 1.29 is 19.1 Å². The van der Waals surface area contributed by atoms with Crippen molar-refractivity contribution in [1.29, 1.82) is 0 Å². The molecule has 0 atom stereocenters. The van der Waals surface area contributed by atoms with Gasteiger partial charge in [-0.25, -0.2) is 9.59 Å². The molecule has 4 nitrogen and oxygen atoms in total. The Morgan fingerprint density at radius 1 is 0.750 bits per heavy atom. The van der Waals surface area contributed by atoms with E-state index < -0.39 is 23.1 Å². The third kappa shape index (κ3) is 1.70. The van der Waals surface area contributed by atoms with E-state index >= 15 is 0 Å². The lowest BCUT2D eigenvalue weighted by molar-refractivity contribution is -0.229. The van der Waals surface area contributed by atoms with Gasteiger partial charge in [-0.05, 0) is 25.7 Å². The lowest BCUT2D eigenvalue weighted by Crippen LogP contribution is -2.59. The van der Waals surface area contributed by atoms with Gasteiger partial charge in [-0.2, -0.15) is 0 Å². The molecule has 1 heterocycles. The van der Waals surface area contributed by atoms with Crippen molar-refractivity contribution in [1.82, 2.24) is 0 Å². The molecular weight excluding hydrogens is 208 g/mol. The van der Waals surface area contributed by atoms with Crippen LogP contribution in [0.5, 0.6) is 0 Å². The molecular formula is C12H20O4. The topological polar surface area (TPSA) is 52.6 Å². The SMILES string of the molecule is CCC1(CC)OC(=O)C(CC)(CC)OC1=O. The van der Waals surface area contributed by atoms with Gasteiger partial charge < -0.3 is 9.47 Å². The Hall–Kier alpha value is -1.06.